The Balaban J connectivity index is 1.77. The Labute approximate surface area is 202 Å². The highest BCUT2D eigenvalue weighted by molar-refractivity contribution is 8.00. The van der Waals surface area contributed by atoms with E-state index in [1.54, 1.807) is 0 Å². The van der Waals surface area contributed by atoms with Crippen LogP contribution in [-0.4, -0.2) is 70.3 Å². The lowest BCUT2D eigenvalue weighted by Gasteiger charge is -2.49. The summed E-state index contributed by atoms with van der Waals surface area (Å²) in [5.74, 6) is -3.81. The number of phenolic OH excluding ortho intramolecular Hbond substituents is 1. The number of benzene rings is 1. The number of amides is 2. The van der Waals surface area contributed by atoms with E-state index in [4.69, 9.17) is 9.47 Å². The Kier molecular flexibility index (Phi) is 8.06. The molecule has 14 heteroatoms. The molecule has 2 aliphatic heterocycles. The van der Waals surface area contributed by atoms with Crippen LogP contribution < -0.4 is 5.32 Å². The molecule has 1 aromatic rings. The van der Waals surface area contributed by atoms with Crippen LogP contribution in [0.2, 0.25) is 0 Å². The van der Waals surface area contributed by atoms with Crippen LogP contribution in [0.25, 0.3) is 0 Å². The summed E-state index contributed by atoms with van der Waals surface area (Å²) in [5.41, 5.74) is 0.242. The summed E-state index contributed by atoms with van der Waals surface area (Å²) in [6.07, 6.45) is 0. The number of nitrogens with one attached hydrogen (secondary N) is 1. The first-order valence-corrected chi connectivity index (χ1v) is 11.2. The van der Waals surface area contributed by atoms with Crippen molar-refractivity contribution >= 4 is 41.5 Å². The van der Waals surface area contributed by atoms with Gasteiger partial charge in [0.2, 0.25) is 6.79 Å². The van der Waals surface area contributed by atoms with E-state index in [0.717, 1.165) is 11.8 Å². The van der Waals surface area contributed by atoms with Gasteiger partial charge in [0.05, 0.1) is 0 Å². The second-order valence-corrected chi connectivity index (χ2v) is 8.52. The van der Waals surface area contributed by atoms with Gasteiger partial charge in [-0.15, -0.1) is 16.7 Å². The van der Waals surface area contributed by atoms with E-state index in [0.29, 0.717) is 5.57 Å². The first kappa shape index (κ1) is 25.7. The van der Waals surface area contributed by atoms with Crippen molar-refractivity contribution in [3.05, 3.63) is 46.0 Å². The highest BCUT2D eigenvalue weighted by Gasteiger charge is 2.55. The molecule has 0 bridgehead atoms. The number of thioether (sulfide) groups is 1. The lowest BCUT2D eigenvalue weighted by molar-refractivity contribution is -0.167. The van der Waals surface area contributed by atoms with Crippen LogP contribution in [0.1, 0.15) is 25.5 Å². The van der Waals surface area contributed by atoms with Crippen molar-refractivity contribution in [2.24, 2.45) is 5.18 Å². The van der Waals surface area contributed by atoms with E-state index >= 15 is 0 Å². The Morgan fingerprint density at radius 2 is 1.91 bits per heavy atom. The molecule has 3 rings (SSSR count). The molecule has 1 aromatic carbocycles. The van der Waals surface area contributed by atoms with E-state index in [1.807, 2.05) is 0 Å². The van der Waals surface area contributed by atoms with Gasteiger partial charge in [0.25, 0.3) is 11.8 Å². The Morgan fingerprint density at radius 1 is 1.20 bits per heavy atom. The van der Waals surface area contributed by atoms with Crippen molar-refractivity contribution in [1.82, 2.24) is 10.2 Å². The minimum absolute atomic E-state index is 0.135. The van der Waals surface area contributed by atoms with Gasteiger partial charge in [0.15, 0.2) is 6.04 Å². The average molecular weight is 507 g/mol. The number of β-lactam (4-membered cyclic amide) rings is 1. The fraction of sp³-hybridized carbons (Fsp3) is 0.381. The molecule has 13 nitrogen and oxygen atoms in total. The topological polar surface area (TPSA) is 178 Å². The number of esters is 3. The van der Waals surface area contributed by atoms with Gasteiger partial charge in [0.1, 0.15) is 29.5 Å². The molecule has 1 unspecified atom stereocenters. The smallest absolute Gasteiger partial charge is 0.358 e. The Hall–Kier alpha value is -3.94. The second-order valence-electron chi connectivity index (χ2n) is 7.42. The quantitative estimate of drug-likeness (QED) is 0.206. The van der Waals surface area contributed by atoms with Gasteiger partial charge >= 0.3 is 17.9 Å². The number of nitrogens with zero attached hydrogens (tertiary/aromatic N) is 2. The van der Waals surface area contributed by atoms with Gasteiger partial charge in [0, 0.05) is 25.2 Å². The fourth-order valence-corrected chi connectivity index (χ4v) is 4.72. The highest BCUT2D eigenvalue weighted by atomic mass is 32.2. The predicted molar refractivity (Wildman–Crippen MR) is 118 cm³/mol. The summed E-state index contributed by atoms with van der Waals surface area (Å²) in [4.78, 5) is 72.9. The molecule has 186 valence electrons. The van der Waals surface area contributed by atoms with Gasteiger partial charge in [-0.05, 0) is 17.7 Å². The van der Waals surface area contributed by atoms with Crippen molar-refractivity contribution in [3.63, 3.8) is 0 Å². The molecule has 0 saturated carbocycles. The maximum atomic E-state index is 12.9. The van der Waals surface area contributed by atoms with Crippen molar-refractivity contribution in [1.29, 1.82) is 0 Å². The fourth-order valence-electron chi connectivity index (χ4n) is 3.39. The molecule has 0 aliphatic carbocycles. The average Bonchev–Trinajstić information content (AvgIpc) is 2.80. The minimum Gasteiger partial charge on any atom is -0.508 e. The number of carbonyl (C=O) groups is 5. The van der Waals surface area contributed by atoms with Crippen LogP contribution in [0.15, 0.2) is 40.7 Å². The highest BCUT2D eigenvalue weighted by Crippen LogP contribution is 2.41. The van der Waals surface area contributed by atoms with Crippen molar-refractivity contribution in [2.45, 2.75) is 31.3 Å². The number of rotatable bonds is 9. The maximum Gasteiger partial charge on any atom is 0.358 e. The second kappa shape index (κ2) is 11.0. The normalized spacial score (nSPS) is 19.6. The van der Waals surface area contributed by atoms with Crippen LogP contribution >= 0.6 is 11.8 Å². The van der Waals surface area contributed by atoms with E-state index in [9.17, 15) is 34.0 Å². The molecule has 2 amide bonds. The van der Waals surface area contributed by atoms with Crippen LogP contribution in [0.3, 0.4) is 0 Å². The van der Waals surface area contributed by atoms with Gasteiger partial charge in [-0.1, -0.05) is 17.3 Å². The number of phenols is 1. The molecule has 35 heavy (non-hydrogen) atoms. The third-order valence-electron chi connectivity index (χ3n) is 4.98. The lowest BCUT2D eigenvalue weighted by atomic mass is 10.0. The number of hydrogen-bond donors (Lipinski definition) is 2. The largest absolute Gasteiger partial charge is 0.508 e. The first-order chi connectivity index (χ1) is 16.6. The first-order valence-electron chi connectivity index (χ1n) is 10.2. The van der Waals surface area contributed by atoms with Gasteiger partial charge in [-0.3, -0.25) is 24.1 Å². The van der Waals surface area contributed by atoms with Crippen molar-refractivity contribution in [2.75, 3.05) is 19.2 Å². The summed E-state index contributed by atoms with van der Waals surface area (Å²) in [6, 6.07) is 2.83. The van der Waals surface area contributed by atoms with Crippen LogP contribution in [-0.2, 0) is 38.2 Å². The van der Waals surface area contributed by atoms with Gasteiger partial charge in [-0.2, -0.15) is 0 Å². The number of ether oxygens (including phenoxy) is 3. The minimum atomic E-state index is -1.51. The number of hydrogen-bond acceptors (Lipinski definition) is 12. The number of carbonyl (C=O) groups excluding carboxylic acids is 5. The van der Waals surface area contributed by atoms with E-state index in [-0.39, 0.29) is 29.4 Å². The van der Waals surface area contributed by atoms with Crippen LogP contribution in [0, 0.1) is 4.91 Å². The van der Waals surface area contributed by atoms with Crippen molar-refractivity contribution in [3.8, 4) is 5.75 Å². The SMILES string of the molecule is CC(=O)OCOC(=O)C1=C(COC(C)=O)CS[C@@H]2[C@H](NC(=O)C(N=O)c3cccc(O)c3)C(=O)N12. The molecule has 2 heterocycles. The molecule has 1 saturated heterocycles. The van der Waals surface area contributed by atoms with E-state index in [2.05, 4.69) is 15.2 Å². The Morgan fingerprint density at radius 3 is 2.54 bits per heavy atom. The Bertz CT molecular complexity index is 1100. The number of nitroso groups, excluding NO2 is 1. The molecular weight excluding hydrogens is 486 g/mol. The van der Waals surface area contributed by atoms with Crippen LogP contribution in [0.5, 0.6) is 5.75 Å². The zero-order valence-corrected chi connectivity index (χ0v) is 19.4. The number of fused-ring (bicyclic) bond motifs is 1. The third kappa shape index (κ3) is 5.77. The maximum absolute atomic E-state index is 12.9. The van der Waals surface area contributed by atoms with Crippen molar-refractivity contribution < 1.29 is 43.3 Å². The third-order valence-corrected chi connectivity index (χ3v) is 6.32. The zero-order chi connectivity index (χ0) is 25.7. The molecule has 2 aliphatic rings. The van der Waals surface area contributed by atoms with Gasteiger partial charge < -0.3 is 24.6 Å². The number of aromatic hydroxyl groups is 1. The molecule has 0 aromatic heterocycles. The summed E-state index contributed by atoms with van der Waals surface area (Å²) in [5, 5.41) is 14.1. The zero-order valence-electron chi connectivity index (χ0n) is 18.6. The lowest BCUT2D eigenvalue weighted by Crippen LogP contribution is -2.71. The predicted octanol–water partition coefficient (Wildman–Crippen LogP) is 0.481. The van der Waals surface area contributed by atoms with E-state index in [1.165, 1.54) is 43.0 Å². The molecule has 0 spiro atoms. The van der Waals surface area contributed by atoms with Crippen LogP contribution in [0.4, 0.5) is 0 Å². The molecule has 2 N–H and O–H groups in total. The summed E-state index contributed by atoms with van der Waals surface area (Å²) in [7, 11) is 0. The molecular formula is C21H21N3O10S. The summed E-state index contributed by atoms with van der Waals surface area (Å²) in [6.45, 7) is 1.34. The summed E-state index contributed by atoms with van der Waals surface area (Å²) < 4.78 is 14.5. The summed E-state index contributed by atoms with van der Waals surface area (Å²) >= 11 is 1.19. The monoisotopic (exact) mass is 507 g/mol. The molecule has 3 atom stereocenters. The van der Waals surface area contributed by atoms with E-state index < -0.39 is 54.0 Å². The van der Waals surface area contributed by atoms with Gasteiger partial charge in [-0.25, -0.2) is 4.79 Å². The molecule has 0 radical (unpaired) electrons. The molecule has 1 fully saturated rings. The standard InChI is InChI=1S/C21H21N3O10S/c1-10(25)32-7-13-8-35-20-16(19(29)24(20)17(13)21(30)34-9-33-11(2)26)22-18(28)15(23-31)12-4-3-5-14(27)6-12/h3-6,15-16,20,27H,7-9H2,1-2H3,(H,22,28)/t15?,16-,20-/m1/s1.